The first kappa shape index (κ1) is 90.2. The van der Waals surface area contributed by atoms with Crippen LogP contribution >= 0.6 is 0 Å². The van der Waals surface area contributed by atoms with Crippen LogP contribution in [0.5, 0.6) is 0 Å². The average molecular weight is 1620 g/mol. The third-order valence-corrected chi connectivity index (χ3v) is 30.6. The number of nitrogens with two attached hydrogens (primary N) is 7. The van der Waals surface area contributed by atoms with E-state index < -0.39 is 70.4 Å². The zero-order chi connectivity index (χ0) is 83.8. The van der Waals surface area contributed by atoms with E-state index in [-0.39, 0.29) is 147 Å². The molecule has 8 aliphatic carbocycles. The van der Waals surface area contributed by atoms with Crippen LogP contribution in [0.25, 0.3) is 11.0 Å². The van der Waals surface area contributed by atoms with E-state index in [4.69, 9.17) is 44.8 Å². The highest BCUT2D eigenvalue weighted by Gasteiger charge is 2.63. The number of rotatable bonds is 42. The summed E-state index contributed by atoms with van der Waals surface area (Å²) >= 11 is 0. The lowest BCUT2D eigenvalue weighted by molar-refractivity contribution is -0.383. The molecule has 1 heterocycles. The molecule has 8 fully saturated rings. The predicted octanol–water partition coefficient (Wildman–Crippen LogP) is 6.94. The Bertz CT molecular complexity index is 3790. The van der Waals surface area contributed by atoms with E-state index in [1.165, 1.54) is 82.8 Å². The minimum Gasteiger partial charge on any atom is -0.393 e. The van der Waals surface area contributed by atoms with Gasteiger partial charge in [0.1, 0.15) is 30.2 Å². The highest BCUT2D eigenvalue weighted by Crippen LogP contribution is 2.70. The Hall–Kier alpha value is -8.16. The quantitative estimate of drug-likeness (QED) is 0.0105. The molecule has 23 N–H and O–H groups in total. The normalized spacial score (nSPS) is 30.8. The molecule has 2 aromatic rings. The molecule has 8 aliphatic rings. The summed E-state index contributed by atoms with van der Waals surface area (Å²) in [7, 11) is 0. The van der Waals surface area contributed by atoms with E-state index in [0.717, 1.165) is 69.6 Å². The number of aromatic nitrogens is 2. The Morgan fingerprint density at radius 3 is 1.28 bits per heavy atom. The van der Waals surface area contributed by atoms with Crippen molar-refractivity contribution in [1.29, 1.82) is 0 Å². The van der Waals surface area contributed by atoms with Crippen LogP contribution in [-0.2, 0) is 33.6 Å². The highest BCUT2D eigenvalue weighted by atomic mass is 16.6. The van der Waals surface area contributed by atoms with E-state index >= 15 is 4.79 Å². The van der Waals surface area contributed by atoms with Gasteiger partial charge in [0.05, 0.1) is 22.8 Å². The number of aliphatic hydroxyl groups is 2. The van der Waals surface area contributed by atoms with Crippen LogP contribution < -0.4 is 77.4 Å². The lowest BCUT2D eigenvalue weighted by Gasteiger charge is -2.61. The zero-order valence-corrected chi connectivity index (χ0v) is 69.9. The number of nitro benzene ring substituents is 1. The van der Waals surface area contributed by atoms with Gasteiger partial charge < -0.3 is 87.6 Å². The largest absolute Gasteiger partial charge is 0.393 e. The van der Waals surface area contributed by atoms with E-state index in [0.29, 0.717) is 115 Å². The summed E-state index contributed by atoms with van der Waals surface area (Å²) in [5.41, 5.74) is 40.6. The first-order valence-electron chi connectivity index (χ1n) is 44.0. The van der Waals surface area contributed by atoms with Gasteiger partial charge in [-0.1, -0.05) is 41.5 Å². The average Bonchev–Trinajstić information content (AvgIpc) is 1.40. The van der Waals surface area contributed by atoms with Crippen molar-refractivity contribution in [3.63, 3.8) is 0 Å². The number of carbonyl (C=O) groups excluding carboxylic acids is 7. The van der Waals surface area contributed by atoms with Crippen molar-refractivity contribution in [2.45, 2.75) is 302 Å². The number of anilines is 1. The molecule has 0 unspecified atom stereocenters. The Balaban J connectivity index is 0.762. The topological polar surface area (TPSA) is 545 Å². The number of nitrogens with zero attached hydrogens (tertiary/aromatic N) is 6. The lowest BCUT2D eigenvalue weighted by Crippen LogP contribution is -2.58. The molecule has 0 saturated heterocycles. The van der Waals surface area contributed by atoms with Crippen LogP contribution in [0, 0.1) is 103 Å². The maximum Gasteiger partial charge on any atom is 0.300 e. The predicted molar refractivity (Wildman–Crippen MR) is 445 cm³/mol. The second-order valence-electron chi connectivity index (χ2n) is 37.4. The van der Waals surface area contributed by atoms with Gasteiger partial charge in [0.2, 0.25) is 46.9 Å². The van der Waals surface area contributed by atoms with Crippen molar-refractivity contribution >= 4 is 81.6 Å². The molecule has 10 rings (SSSR count). The fourth-order valence-corrected chi connectivity index (χ4v) is 24.4. The number of nitro groups is 1. The van der Waals surface area contributed by atoms with Gasteiger partial charge in [0.25, 0.3) is 0 Å². The number of fused-ring (bicyclic) bond motifs is 11. The smallest absolute Gasteiger partial charge is 0.300 e. The van der Waals surface area contributed by atoms with Gasteiger partial charge in [0.15, 0.2) is 23.4 Å². The minimum absolute atomic E-state index is 0.000559. The summed E-state index contributed by atoms with van der Waals surface area (Å²) in [5.74, 6) is 2.65. The molecular weight excluding hydrogens is 1480 g/mol. The molecule has 1 aromatic heterocycles. The van der Waals surface area contributed by atoms with Gasteiger partial charge in [-0.2, -0.15) is 0 Å². The SMILES string of the molecule is C[C@H](CCC(=O)NCCCC[C@H](NC(=O)[C@H](CCCN=C(N)N)NC(=O)[C@H](CCCN=C(N)N)NC(=O)[C@H](CCCCNC(=O)CC[C@@H](C)[C@H]1CC[C@H]2[C@@H]3CC[C@@H]4C[C@H](O)CC[C@]4(C)[C@H]3CC[C@]12C)NC(=O)[C@H](CCCN=C(N)N)Nc1ccc([N+](=O)[O-])c2nonc12)C(N)=O)[C@H]1CC[C@H]2[C@@H]3CC[C@@H]4C[C@H](O)CC[C@]4(C)[C@H]3CC[C@]12C. The standard InChI is InChI=1S/C84H140N20O12/c1-48(56-25-27-58-54-23-21-50-46-52(105)33-37-81(50,3)60(54)35-39-83(56,58)5)19-31-69(107)92-41-9-7-14-63(73(85)109)98-75(111)66(17-12-44-95-79(88)89)100-77(113)67(18-13-45-96-80(90)91)101-76(112)65(99-74(110)64(16-11-43-94-78(86)87)97-62-29-30-68(104(114)115)72-71(62)102-116-103-72)15-8-10-42-93-70(108)32-20-49(2)57-26-28-59-55-24-22-51-47-53(106)34-38-82(51,4)61(55)36-40-84(57,59)6/h29-30,48-61,63-67,97,105-106H,7-28,31-47H2,1-6H3,(H2,85,109)(H,92,107)(H,93,108)(H,98,111)(H,99,110)(H,100,113)(H,101,112)(H4,86,87,94)(H4,88,89,95)(H4,90,91,96)/t48-,49-,50-,51-,52-,53-,54+,55+,56-,57-,58+,59+,60+,61+,63+,64+,65+,66+,67+,81+,82+,83-,84-/m1/s1. The molecule has 0 spiro atoms. The van der Waals surface area contributed by atoms with E-state index in [9.17, 15) is 49.1 Å². The van der Waals surface area contributed by atoms with Crippen molar-refractivity contribution < 1.29 is 53.3 Å². The zero-order valence-electron chi connectivity index (χ0n) is 69.9. The first-order chi connectivity index (χ1) is 55.2. The third-order valence-electron chi connectivity index (χ3n) is 30.6. The van der Waals surface area contributed by atoms with Gasteiger partial charge in [-0.3, -0.25) is 58.7 Å². The molecule has 648 valence electrons. The number of nitrogens with one attached hydrogen (secondary N) is 7. The number of hydrogen-bond acceptors (Lipinski definition) is 18. The van der Waals surface area contributed by atoms with Crippen molar-refractivity contribution in [3.8, 4) is 0 Å². The van der Waals surface area contributed by atoms with Crippen LogP contribution in [0.1, 0.15) is 260 Å². The molecule has 0 radical (unpaired) electrons. The van der Waals surface area contributed by atoms with Crippen LogP contribution in [0.15, 0.2) is 31.7 Å². The molecule has 7 amide bonds. The Morgan fingerprint density at radius 1 is 0.483 bits per heavy atom. The van der Waals surface area contributed by atoms with Gasteiger partial charge in [-0.15, -0.1) is 0 Å². The molecule has 32 nitrogen and oxygen atoms in total. The summed E-state index contributed by atoms with van der Waals surface area (Å²) in [6.45, 7) is 15.6. The maximum atomic E-state index is 15.1. The Labute approximate surface area is 684 Å². The molecule has 116 heavy (non-hydrogen) atoms. The van der Waals surface area contributed by atoms with Crippen molar-refractivity contribution in [2.24, 2.45) is 148 Å². The van der Waals surface area contributed by atoms with Gasteiger partial charge >= 0.3 is 5.69 Å². The summed E-state index contributed by atoms with van der Waals surface area (Å²) in [6, 6.07) is -3.89. The van der Waals surface area contributed by atoms with E-state index in [1.54, 1.807) is 0 Å². The molecule has 32 heteroatoms. The molecule has 0 aliphatic heterocycles. The second-order valence-corrected chi connectivity index (χ2v) is 37.4. The van der Waals surface area contributed by atoms with Gasteiger partial charge in [0, 0.05) is 51.6 Å². The van der Waals surface area contributed by atoms with Crippen LogP contribution in [0.4, 0.5) is 11.4 Å². The number of non-ortho nitro benzene ring substituents is 1. The van der Waals surface area contributed by atoms with Gasteiger partial charge in [-0.05, 0) is 315 Å². The summed E-state index contributed by atoms with van der Waals surface area (Å²) in [6.07, 6.45) is 24.7. The van der Waals surface area contributed by atoms with E-state index in [1.807, 2.05) is 0 Å². The summed E-state index contributed by atoms with van der Waals surface area (Å²) < 4.78 is 4.92. The van der Waals surface area contributed by atoms with E-state index in [2.05, 4.69) is 104 Å². The number of amides is 7. The van der Waals surface area contributed by atoms with Crippen molar-refractivity contribution in [1.82, 2.24) is 42.2 Å². The molecule has 8 saturated carbocycles. The Kier molecular flexibility index (Phi) is 31.5. The monoisotopic (exact) mass is 1620 g/mol. The number of carbonyl (C=O) groups is 7. The van der Waals surface area contributed by atoms with Crippen LogP contribution in [0.3, 0.4) is 0 Å². The minimum atomic E-state index is -1.40. The fraction of sp³-hybridized carbons (Fsp3) is 0.810. The molecule has 23 atom stereocenters. The number of guanidine groups is 3. The number of unbranched alkanes of at least 4 members (excludes halogenated alkanes) is 2. The first-order valence-corrected chi connectivity index (χ1v) is 44.0. The van der Waals surface area contributed by atoms with Crippen molar-refractivity contribution in [2.75, 3.05) is 38.0 Å². The number of primary amides is 1. The van der Waals surface area contributed by atoms with Gasteiger partial charge in [-0.25, -0.2) is 4.63 Å². The second kappa shape index (κ2) is 40.5. The molecular formula is C84H140N20O12. The number of aliphatic hydroxyl groups excluding tert-OH is 2. The van der Waals surface area contributed by atoms with Crippen LogP contribution in [-0.4, -0.2) is 160 Å². The third kappa shape index (κ3) is 22.0. The lowest BCUT2D eigenvalue weighted by atomic mass is 9.44. The summed E-state index contributed by atoms with van der Waals surface area (Å²) in [4.78, 5) is 123. The molecule has 1 aromatic carbocycles. The fourth-order valence-electron chi connectivity index (χ4n) is 24.4. The number of hydrogen-bond donors (Lipinski definition) is 16. The van der Waals surface area contributed by atoms with Crippen LogP contribution in [0.2, 0.25) is 0 Å². The molecule has 0 bridgehead atoms. The number of benzene rings is 1. The van der Waals surface area contributed by atoms with Crippen molar-refractivity contribution in [3.05, 3.63) is 22.2 Å². The summed E-state index contributed by atoms with van der Waals surface area (Å²) in [5, 5.41) is 61.3. The maximum absolute atomic E-state index is 15.1. The number of aliphatic imine (C=N–C) groups is 3. The Morgan fingerprint density at radius 2 is 0.862 bits per heavy atom. The highest BCUT2D eigenvalue weighted by molar-refractivity contribution is 5.98.